The Balaban J connectivity index is 1.70. The third-order valence-electron chi connectivity index (χ3n) is 4.61. The highest BCUT2D eigenvalue weighted by molar-refractivity contribution is 9.10. The Bertz CT molecular complexity index is 1320. The van der Waals surface area contributed by atoms with E-state index in [1.165, 1.54) is 30.6 Å². The number of methoxy groups -OCH3 is 1. The molecule has 0 saturated heterocycles. The summed E-state index contributed by atoms with van der Waals surface area (Å²) in [5, 5.41) is 10.3. The van der Waals surface area contributed by atoms with Crippen molar-refractivity contribution in [3.05, 3.63) is 75.8 Å². The van der Waals surface area contributed by atoms with Crippen molar-refractivity contribution in [3.8, 4) is 22.1 Å². The minimum atomic E-state index is -3.77. The van der Waals surface area contributed by atoms with Crippen molar-refractivity contribution in [1.29, 1.82) is 0 Å². The first kappa shape index (κ1) is 22.4. The molecule has 0 bridgehead atoms. The van der Waals surface area contributed by atoms with Crippen LogP contribution in [0.2, 0.25) is 0 Å². The van der Waals surface area contributed by atoms with Crippen LogP contribution in [0.3, 0.4) is 0 Å². The second-order valence-electron chi connectivity index (χ2n) is 6.77. The first-order valence-electron chi connectivity index (χ1n) is 9.44. The average Bonchev–Trinajstić information content (AvgIpc) is 3.43. The van der Waals surface area contributed by atoms with E-state index in [1.54, 1.807) is 28.8 Å². The standard InChI is InChI=1S/C21H18BrFN4O3S2/c1-30-18-9-6-15(22)13-17(18)27-20(19-3-2-11-31-19)24-25-21(27)26-32(28,29)12-10-14-4-7-16(23)8-5-14/h2-9,11,13H,10,12H2,1H3,(H,25,26). The number of rotatable bonds is 8. The van der Waals surface area contributed by atoms with Crippen LogP contribution in [0.5, 0.6) is 5.75 Å². The summed E-state index contributed by atoms with van der Waals surface area (Å²) in [6, 6.07) is 14.9. The molecule has 32 heavy (non-hydrogen) atoms. The second-order valence-corrected chi connectivity index (χ2v) is 10.5. The van der Waals surface area contributed by atoms with Crippen LogP contribution in [-0.2, 0) is 16.4 Å². The molecule has 2 aromatic heterocycles. The van der Waals surface area contributed by atoms with Crippen LogP contribution in [0.1, 0.15) is 5.56 Å². The fraction of sp³-hybridized carbons (Fsp3) is 0.143. The predicted octanol–water partition coefficient (Wildman–Crippen LogP) is 4.89. The number of benzene rings is 2. The quantitative estimate of drug-likeness (QED) is 0.346. The lowest BCUT2D eigenvalue weighted by atomic mass is 10.2. The van der Waals surface area contributed by atoms with E-state index >= 15 is 0 Å². The van der Waals surface area contributed by atoms with Gasteiger partial charge in [-0.25, -0.2) is 12.8 Å². The molecule has 7 nitrogen and oxygen atoms in total. The Morgan fingerprint density at radius 3 is 2.62 bits per heavy atom. The number of sulfonamides is 1. The molecule has 0 unspecified atom stereocenters. The van der Waals surface area contributed by atoms with E-state index < -0.39 is 10.0 Å². The first-order chi connectivity index (χ1) is 15.4. The van der Waals surface area contributed by atoms with Crippen molar-refractivity contribution in [2.45, 2.75) is 6.42 Å². The second kappa shape index (κ2) is 9.39. The Labute approximate surface area is 197 Å². The van der Waals surface area contributed by atoms with Gasteiger partial charge in [0.05, 0.1) is 23.4 Å². The van der Waals surface area contributed by atoms with Crippen LogP contribution >= 0.6 is 27.3 Å². The lowest BCUT2D eigenvalue weighted by molar-refractivity contribution is 0.413. The van der Waals surface area contributed by atoms with Gasteiger partial charge in [0.1, 0.15) is 11.6 Å². The van der Waals surface area contributed by atoms with E-state index in [-0.39, 0.29) is 23.9 Å². The Kier molecular flexibility index (Phi) is 6.58. The molecule has 4 rings (SSSR count). The Morgan fingerprint density at radius 1 is 1.16 bits per heavy atom. The monoisotopic (exact) mass is 536 g/mol. The van der Waals surface area contributed by atoms with Gasteiger partial charge in [-0.3, -0.25) is 9.29 Å². The number of aryl methyl sites for hydroxylation is 1. The number of hydrogen-bond acceptors (Lipinski definition) is 6. The van der Waals surface area contributed by atoms with Crippen molar-refractivity contribution in [2.75, 3.05) is 17.6 Å². The minimum Gasteiger partial charge on any atom is -0.495 e. The highest BCUT2D eigenvalue weighted by atomic mass is 79.9. The summed E-state index contributed by atoms with van der Waals surface area (Å²) in [5.74, 6) is 0.483. The van der Waals surface area contributed by atoms with E-state index in [2.05, 4.69) is 30.8 Å². The van der Waals surface area contributed by atoms with Crippen LogP contribution in [0.25, 0.3) is 16.4 Å². The maximum Gasteiger partial charge on any atom is 0.243 e. The molecule has 0 saturated carbocycles. The summed E-state index contributed by atoms with van der Waals surface area (Å²) in [5.41, 5.74) is 1.29. The molecule has 4 aromatic rings. The van der Waals surface area contributed by atoms with Gasteiger partial charge in [-0.2, -0.15) is 0 Å². The SMILES string of the molecule is COc1ccc(Br)cc1-n1c(NS(=O)(=O)CCc2ccc(F)cc2)nnc1-c1cccs1. The summed E-state index contributed by atoms with van der Waals surface area (Å²) < 4.78 is 49.2. The number of anilines is 1. The van der Waals surface area contributed by atoms with Crippen LogP contribution in [0.4, 0.5) is 10.3 Å². The third-order valence-corrected chi connectivity index (χ3v) is 7.20. The van der Waals surface area contributed by atoms with Crippen LogP contribution < -0.4 is 9.46 Å². The van der Waals surface area contributed by atoms with Gasteiger partial charge in [-0.15, -0.1) is 21.5 Å². The van der Waals surface area contributed by atoms with Gasteiger partial charge in [-0.05, 0) is 53.8 Å². The Hall–Kier alpha value is -2.76. The van der Waals surface area contributed by atoms with Crippen LogP contribution in [-0.4, -0.2) is 36.0 Å². The molecule has 2 aromatic carbocycles. The van der Waals surface area contributed by atoms with Gasteiger partial charge in [0.15, 0.2) is 5.82 Å². The largest absolute Gasteiger partial charge is 0.495 e. The van der Waals surface area contributed by atoms with Gasteiger partial charge in [-0.1, -0.05) is 34.1 Å². The van der Waals surface area contributed by atoms with Crippen molar-refractivity contribution in [3.63, 3.8) is 0 Å². The first-order valence-corrected chi connectivity index (χ1v) is 12.8. The molecule has 0 fully saturated rings. The average molecular weight is 537 g/mol. The lowest BCUT2D eigenvalue weighted by Crippen LogP contribution is -2.21. The van der Waals surface area contributed by atoms with Gasteiger partial charge in [0, 0.05) is 4.47 Å². The van der Waals surface area contributed by atoms with E-state index in [9.17, 15) is 12.8 Å². The topological polar surface area (TPSA) is 86.1 Å². The van der Waals surface area contributed by atoms with Gasteiger partial charge in [0.25, 0.3) is 0 Å². The predicted molar refractivity (Wildman–Crippen MR) is 126 cm³/mol. The lowest BCUT2D eigenvalue weighted by Gasteiger charge is -2.15. The number of nitrogens with one attached hydrogen (secondary N) is 1. The zero-order chi connectivity index (χ0) is 22.7. The number of halogens is 2. The van der Waals surface area contributed by atoms with Crippen molar-refractivity contribution >= 4 is 43.2 Å². The molecule has 1 N–H and O–H groups in total. The normalized spacial score (nSPS) is 11.5. The smallest absolute Gasteiger partial charge is 0.243 e. The highest BCUT2D eigenvalue weighted by Gasteiger charge is 2.23. The molecule has 11 heteroatoms. The van der Waals surface area contributed by atoms with Crippen LogP contribution in [0, 0.1) is 5.82 Å². The van der Waals surface area contributed by atoms with E-state index in [0.29, 0.717) is 22.8 Å². The molecule has 0 amide bonds. The van der Waals surface area contributed by atoms with Crippen molar-refractivity contribution in [2.24, 2.45) is 0 Å². The van der Waals surface area contributed by atoms with Gasteiger partial charge >= 0.3 is 0 Å². The molecule has 0 spiro atoms. The molecule has 0 aliphatic rings. The third kappa shape index (κ3) is 5.00. The summed E-state index contributed by atoms with van der Waals surface area (Å²) in [7, 11) is -2.24. The fourth-order valence-electron chi connectivity index (χ4n) is 3.08. The number of aromatic nitrogens is 3. The Morgan fingerprint density at radius 2 is 1.94 bits per heavy atom. The molecule has 166 valence electrons. The number of hydrogen-bond donors (Lipinski definition) is 1. The van der Waals surface area contributed by atoms with E-state index in [1.807, 2.05) is 23.6 Å². The molecular formula is C21H18BrFN4O3S2. The number of nitrogens with zero attached hydrogens (tertiary/aromatic N) is 3. The van der Waals surface area contributed by atoms with E-state index in [4.69, 9.17) is 4.74 Å². The molecule has 0 aliphatic carbocycles. The summed E-state index contributed by atoms with van der Waals surface area (Å²) in [4.78, 5) is 0.816. The molecule has 2 heterocycles. The molecule has 0 aliphatic heterocycles. The summed E-state index contributed by atoms with van der Waals surface area (Å²) >= 11 is 4.91. The van der Waals surface area contributed by atoms with Crippen LogP contribution in [0.15, 0.2) is 64.5 Å². The summed E-state index contributed by atoms with van der Waals surface area (Å²) in [6.07, 6.45) is 0.224. The molecule has 0 atom stereocenters. The molecule has 0 radical (unpaired) electrons. The minimum absolute atomic E-state index is 0.0453. The number of ether oxygens (including phenoxy) is 1. The molecular weight excluding hydrogens is 519 g/mol. The fourth-order valence-corrected chi connectivity index (χ4v) is 5.14. The maximum absolute atomic E-state index is 13.1. The zero-order valence-corrected chi connectivity index (χ0v) is 20.0. The van der Waals surface area contributed by atoms with Crippen molar-refractivity contribution in [1.82, 2.24) is 14.8 Å². The van der Waals surface area contributed by atoms with Gasteiger partial charge < -0.3 is 4.74 Å². The van der Waals surface area contributed by atoms with Crippen molar-refractivity contribution < 1.29 is 17.5 Å². The number of thiophene rings is 1. The van der Waals surface area contributed by atoms with Gasteiger partial charge in [0.2, 0.25) is 16.0 Å². The zero-order valence-electron chi connectivity index (χ0n) is 16.8. The highest BCUT2D eigenvalue weighted by Crippen LogP contribution is 2.34. The maximum atomic E-state index is 13.1. The summed E-state index contributed by atoms with van der Waals surface area (Å²) in [6.45, 7) is 0. The van der Waals surface area contributed by atoms with E-state index in [0.717, 1.165) is 9.35 Å².